The number of carbonyl (C=O) groups is 1. The van der Waals surface area contributed by atoms with Crippen LogP contribution < -0.4 is 15.8 Å². The third kappa shape index (κ3) is 3.51. The number of hydrogen-bond donors (Lipinski definition) is 2. The summed E-state index contributed by atoms with van der Waals surface area (Å²) >= 11 is 5.97. The fourth-order valence-corrected chi connectivity index (χ4v) is 3.24. The molecular weight excluding hydrogens is 348 g/mol. The second kappa shape index (κ2) is 7.23. The number of aromatic nitrogens is 1. The van der Waals surface area contributed by atoms with E-state index in [1.807, 2.05) is 0 Å². The molecule has 1 saturated carbocycles. The molecule has 0 saturated heterocycles. The number of oxazole rings is 1. The Morgan fingerprint density at radius 2 is 2.08 bits per heavy atom. The van der Waals surface area contributed by atoms with Gasteiger partial charge in [0, 0.05) is 11.1 Å². The van der Waals surface area contributed by atoms with Gasteiger partial charge in [0.1, 0.15) is 5.75 Å². The lowest BCUT2D eigenvalue weighted by atomic mass is 9.96. The first-order valence-electron chi connectivity index (χ1n) is 8.11. The summed E-state index contributed by atoms with van der Waals surface area (Å²) in [4.78, 5) is 24.5. The van der Waals surface area contributed by atoms with Crippen LogP contribution in [0.25, 0.3) is 11.3 Å². The van der Waals surface area contributed by atoms with Crippen molar-refractivity contribution in [2.75, 3.05) is 7.11 Å². The van der Waals surface area contributed by atoms with Crippen molar-refractivity contribution in [1.29, 1.82) is 0 Å². The average molecular weight is 367 g/mol. The van der Waals surface area contributed by atoms with E-state index in [4.69, 9.17) is 20.8 Å². The van der Waals surface area contributed by atoms with Gasteiger partial charge in [0.15, 0.2) is 0 Å². The number of carbonyl (C=O) groups excluding carboxylic acids is 1. The fraction of sp³-hybridized carbons (Fsp3) is 0.412. The highest BCUT2D eigenvalue weighted by Gasteiger charge is 2.26. The van der Waals surface area contributed by atoms with E-state index in [1.165, 1.54) is 13.2 Å². The summed E-state index contributed by atoms with van der Waals surface area (Å²) in [5.74, 6) is -1.36. The average Bonchev–Trinajstić information content (AvgIpc) is 2.90. The van der Waals surface area contributed by atoms with Crippen molar-refractivity contribution in [2.24, 2.45) is 0 Å². The van der Waals surface area contributed by atoms with Crippen LogP contribution in [-0.4, -0.2) is 28.9 Å². The van der Waals surface area contributed by atoms with E-state index in [0.29, 0.717) is 15.3 Å². The maximum Gasteiger partial charge on any atom is 0.430 e. The first kappa shape index (κ1) is 17.4. The molecule has 3 rings (SSSR count). The molecule has 1 aliphatic carbocycles. The number of methoxy groups -OCH3 is 1. The molecule has 0 atom stereocenters. The summed E-state index contributed by atoms with van der Waals surface area (Å²) in [6, 6.07) is 3.96. The second-order valence-corrected chi connectivity index (χ2v) is 6.42. The van der Waals surface area contributed by atoms with Gasteiger partial charge in [0.25, 0.3) is 0 Å². The Balaban J connectivity index is 1.95. The minimum atomic E-state index is -0.970. The number of aromatic hydroxyl groups is 1. The molecule has 1 fully saturated rings. The lowest BCUT2D eigenvalue weighted by Gasteiger charge is -2.22. The predicted molar refractivity (Wildman–Crippen MR) is 92.4 cm³/mol. The number of hydrogen-bond acceptors (Lipinski definition) is 5. The Morgan fingerprint density at radius 3 is 2.76 bits per heavy atom. The Labute approximate surface area is 149 Å². The Morgan fingerprint density at radius 1 is 1.36 bits per heavy atom. The van der Waals surface area contributed by atoms with E-state index in [0.717, 1.165) is 32.1 Å². The fourth-order valence-electron chi connectivity index (χ4n) is 3.06. The van der Waals surface area contributed by atoms with E-state index in [9.17, 15) is 14.7 Å². The van der Waals surface area contributed by atoms with Gasteiger partial charge in [-0.2, -0.15) is 4.57 Å². The molecule has 1 aliphatic rings. The summed E-state index contributed by atoms with van der Waals surface area (Å²) in [7, 11) is 1.44. The third-order valence-electron chi connectivity index (χ3n) is 4.33. The number of rotatable bonds is 3. The first-order valence-corrected chi connectivity index (χ1v) is 8.48. The standard InChI is InChI=1S/C17H19ClN2O5/c1-24-13-8-7-10(18)9-12(13)14-15(21)20(17(23)25-14)16(22)19-11-5-3-2-4-6-11/h7-9,11,21H,2-6H2,1H3,(H,19,22). The highest BCUT2D eigenvalue weighted by molar-refractivity contribution is 6.31. The Bertz CT molecular complexity index is 836. The Hall–Kier alpha value is -2.41. The van der Waals surface area contributed by atoms with Crippen LogP contribution in [0.1, 0.15) is 32.1 Å². The van der Waals surface area contributed by atoms with Gasteiger partial charge in [-0.05, 0) is 31.0 Å². The maximum absolute atomic E-state index is 12.4. The zero-order chi connectivity index (χ0) is 18.0. The molecular formula is C17H19ClN2O5. The van der Waals surface area contributed by atoms with Crippen LogP contribution in [0.2, 0.25) is 5.02 Å². The molecule has 0 radical (unpaired) electrons. The summed E-state index contributed by atoms with van der Waals surface area (Å²) in [5, 5.41) is 13.5. The quantitative estimate of drug-likeness (QED) is 0.868. The lowest BCUT2D eigenvalue weighted by molar-refractivity contribution is 0.229. The van der Waals surface area contributed by atoms with Crippen LogP contribution in [0.15, 0.2) is 27.4 Å². The van der Waals surface area contributed by atoms with Crippen LogP contribution in [0.4, 0.5) is 4.79 Å². The van der Waals surface area contributed by atoms with Gasteiger partial charge >= 0.3 is 11.8 Å². The molecule has 0 aliphatic heterocycles. The molecule has 1 aromatic heterocycles. The molecule has 2 N–H and O–H groups in total. The van der Waals surface area contributed by atoms with Crippen LogP contribution in [0.5, 0.6) is 11.6 Å². The van der Waals surface area contributed by atoms with Crippen molar-refractivity contribution < 1.29 is 19.1 Å². The molecule has 0 unspecified atom stereocenters. The summed E-state index contributed by atoms with van der Waals surface area (Å²) in [6.45, 7) is 0. The number of amides is 1. The topological polar surface area (TPSA) is 93.7 Å². The van der Waals surface area contributed by atoms with Gasteiger partial charge in [-0.25, -0.2) is 9.59 Å². The summed E-state index contributed by atoms with van der Waals surface area (Å²) in [5.41, 5.74) is 0.286. The summed E-state index contributed by atoms with van der Waals surface area (Å²) in [6.07, 6.45) is 4.91. The zero-order valence-corrected chi connectivity index (χ0v) is 14.5. The maximum atomic E-state index is 12.4. The van der Waals surface area contributed by atoms with Crippen LogP contribution in [0, 0.1) is 0 Å². The minimum Gasteiger partial charge on any atom is -0.496 e. The molecule has 7 nitrogen and oxygen atoms in total. The molecule has 1 amide bonds. The molecule has 0 bridgehead atoms. The van der Waals surface area contributed by atoms with Gasteiger partial charge in [-0.15, -0.1) is 0 Å². The summed E-state index contributed by atoms with van der Waals surface area (Å²) < 4.78 is 10.9. The van der Waals surface area contributed by atoms with Gasteiger partial charge < -0.3 is 19.6 Å². The third-order valence-corrected chi connectivity index (χ3v) is 4.56. The molecule has 25 heavy (non-hydrogen) atoms. The van der Waals surface area contributed by atoms with Gasteiger partial charge in [-0.3, -0.25) is 0 Å². The number of benzene rings is 1. The van der Waals surface area contributed by atoms with Gasteiger partial charge in [0.05, 0.1) is 12.7 Å². The number of halogens is 1. The largest absolute Gasteiger partial charge is 0.496 e. The molecule has 8 heteroatoms. The van der Waals surface area contributed by atoms with Crippen molar-refractivity contribution in [3.8, 4) is 23.0 Å². The van der Waals surface area contributed by atoms with Crippen molar-refractivity contribution >= 4 is 17.6 Å². The normalized spacial score (nSPS) is 15.1. The highest BCUT2D eigenvalue weighted by atomic mass is 35.5. The van der Waals surface area contributed by atoms with E-state index < -0.39 is 17.7 Å². The minimum absolute atomic E-state index is 0.00777. The molecule has 1 aromatic carbocycles. The number of nitrogens with zero attached hydrogens (tertiary/aromatic N) is 1. The van der Waals surface area contributed by atoms with Crippen LogP contribution in [0.3, 0.4) is 0 Å². The van der Waals surface area contributed by atoms with E-state index in [2.05, 4.69) is 5.32 Å². The monoisotopic (exact) mass is 366 g/mol. The van der Waals surface area contributed by atoms with Crippen molar-refractivity contribution in [3.05, 3.63) is 33.8 Å². The first-order chi connectivity index (χ1) is 12.0. The number of ether oxygens (including phenoxy) is 1. The van der Waals surface area contributed by atoms with Crippen molar-refractivity contribution in [3.63, 3.8) is 0 Å². The van der Waals surface area contributed by atoms with Gasteiger partial charge in [0.2, 0.25) is 11.6 Å². The SMILES string of the molecule is COc1ccc(Cl)cc1-c1oc(=O)n(C(=O)NC2CCCCC2)c1O. The van der Waals surface area contributed by atoms with Gasteiger partial charge in [-0.1, -0.05) is 30.9 Å². The molecule has 134 valence electrons. The van der Waals surface area contributed by atoms with E-state index >= 15 is 0 Å². The van der Waals surface area contributed by atoms with Crippen molar-refractivity contribution in [2.45, 2.75) is 38.1 Å². The molecule has 0 spiro atoms. The Kier molecular flexibility index (Phi) is 5.03. The van der Waals surface area contributed by atoms with Crippen molar-refractivity contribution in [1.82, 2.24) is 9.88 Å². The highest BCUT2D eigenvalue weighted by Crippen LogP contribution is 2.37. The smallest absolute Gasteiger partial charge is 0.430 e. The second-order valence-electron chi connectivity index (χ2n) is 5.99. The lowest BCUT2D eigenvalue weighted by Crippen LogP contribution is -2.41. The predicted octanol–water partition coefficient (Wildman–Crippen LogP) is 3.37. The number of nitrogens with one attached hydrogen (secondary N) is 1. The molecule has 2 aromatic rings. The zero-order valence-electron chi connectivity index (χ0n) is 13.8. The molecule has 1 heterocycles. The van der Waals surface area contributed by atoms with E-state index in [-0.39, 0.29) is 17.4 Å². The van der Waals surface area contributed by atoms with E-state index in [1.54, 1.807) is 12.1 Å². The van der Waals surface area contributed by atoms with Crippen LogP contribution in [-0.2, 0) is 0 Å². The van der Waals surface area contributed by atoms with Crippen LogP contribution >= 0.6 is 11.6 Å².